The van der Waals surface area contributed by atoms with Crippen LogP contribution in [0.3, 0.4) is 0 Å². The van der Waals surface area contributed by atoms with Gasteiger partial charge in [0.2, 0.25) is 0 Å². The molecular weight excluding hydrogens is 386 g/mol. The lowest BCUT2D eigenvalue weighted by Gasteiger charge is -2.23. The van der Waals surface area contributed by atoms with Crippen LogP contribution in [0, 0.1) is 0 Å². The van der Waals surface area contributed by atoms with Crippen LogP contribution in [0.4, 0.5) is 0 Å². The molecule has 0 unspecified atom stereocenters. The Hall–Kier alpha value is -3.21. The molecule has 5 nitrogen and oxygen atoms in total. The van der Waals surface area contributed by atoms with E-state index in [1.807, 2.05) is 30.3 Å². The van der Waals surface area contributed by atoms with Crippen molar-refractivity contribution in [2.45, 2.75) is 57.9 Å². The van der Waals surface area contributed by atoms with E-state index in [9.17, 15) is 9.90 Å². The number of carbonyl (C=O) groups is 1. The number of hydrogen-bond acceptors (Lipinski definition) is 3. The average Bonchev–Trinajstić information content (AvgIpc) is 3.21. The van der Waals surface area contributed by atoms with E-state index in [0.29, 0.717) is 18.0 Å². The minimum absolute atomic E-state index is 0.319. The summed E-state index contributed by atoms with van der Waals surface area (Å²) < 4.78 is 2.15. The number of nitrogens with zero attached hydrogens (tertiary/aromatic N) is 3. The molecule has 0 aliphatic heterocycles. The molecule has 0 atom stereocenters. The second-order valence-corrected chi connectivity index (χ2v) is 8.16. The Labute approximate surface area is 183 Å². The van der Waals surface area contributed by atoms with Crippen LogP contribution >= 0.6 is 0 Å². The summed E-state index contributed by atoms with van der Waals surface area (Å²) in [4.78, 5) is 16.4. The number of hydrogen-bond donors (Lipinski definition) is 1. The number of carboxylic acids is 1. The van der Waals surface area contributed by atoms with Gasteiger partial charge in [-0.2, -0.15) is 5.10 Å². The van der Waals surface area contributed by atoms with E-state index < -0.39 is 5.97 Å². The van der Waals surface area contributed by atoms with Gasteiger partial charge in [0.25, 0.3) is 0 Å². The molecule has 1 saturated carbocycles. The molecule has 1 fully saturated rings. The van der Waals surface area contributed by atoms with Crippen molar-refractivity contribution in [2.75, 3.05) is 0 Å². The van der Waals surface area contributed by atoms with E-state index in [1.165, 1.54) is 19.3 Å². The van der Waals surface area contributed by atoms with Crippen molar-refractivity contribution in [3.8, 4) is 11.1 Å². The van der Waals surface area contributed by atoms with Gasteiger partial charge in [-0.05, 0) is 48.1 Å². The zero-order valence-corrected chi connectivity index (χ0v) is 18.0. The maximum Gasteiger partial charge on any atom is 0.336 e. The summed E-state index contributed by atoms with van der Waals surface area (Å²) in [6.07, 6.45) is 11.9. The van der Waals surface area contributed by atoms with Gasteiger partial charge in [-0.1, -0.05) is 74.7 Å². The van der Waals surface area contributed by atoms with Gasteiger partial charge in [0.05, 0.1) is 11.6 Å². The van der Waals surface area contributed by atoms with Gasteiger partial charge in [-0.3, -0.25) is 0 Å². The summed E-state index contributed by atoms with van der Waals surface area (Å²) >= 11 is 0. The molecule has 160 valence electrons. The molecule has 0 amide bonds. The topological polar surface area (TPSA) is 68.0 Å². The number of aromatic carboxylic acids is 1. The molecular formula is C26H29N3O2. The lowest BCUT2D eigenvalue weighted by atomic mass is 9.95. The zero-order chi connectivity index (χ0) is 21.6. The van der Waals surface area contributed by atoms with Crippen LogP contribution < -0.4 is 0 Å². The molecule has 0 saturated heterocycles. The summed E-state index contributed by atoms with van der Waals surface area (Å²) in [6, 6.07) is 15.7. The maximum absolute atomic E-state index is 11.5. The molecule has 2 aromatic carbocycles. The smallest absolute Gasteiger partial charge is 0.336 e. The molecule has 1 aromatic heterocycles. The van der Waals surface area contributed by atoms with Gasteiger partial charge >= 0.3 is 5.97 Å². The van der Waals surface area contributed by atoms with E-state index in [0.717, 1.165) is 47.6 Å². The monoisotopic (exact) mass is 415 g/mol. The van der Waals surface area contributed by atoms with E-state index in [4.69, 9.17) is 10.1 Å². The lowest BCUT2D eigenvalue weighted by molar-refractivity contribution is 0.0697. The molecule has 0 radical (unpaired) electrons. The highest BCUT2D eigenvalue weighted by atomic mass is 16.4. The molecule has 1 aliphatic rings. The lowest BCUT2D eigenvalue weighted by Crippen LogP contribution is -2.17. The summed E-state index contributed by atoms with van der Waals surface area (Å²) in [7, 11) is 0. The summed E-state index contributed by atoms with van der Waals surface area (Å²) in [5.41, 5.74) is 3.10. The molecule has 1 aliphatic carbocycles. The molecule has 31 heavy (non-hydrogen) atoms. The molecule has 1 N–H and O–H groups in total. The van der Waals surface area contributed by atoms with E-state index >= 15 is 0 Å². The average molecular weight is 416 g/mol. The maximum atomic E-state index is 11.5. The fraction of sp³-hybridized carbons (Fsp3) is 0.346. The van der Waals surface area contributed by atoms with Crippen molar-refractivity contribution >= 4 is 12.0 Å². The molecule has 3 aromatic rings. The SMILES string of the molecule is CC/C=C/c1nc(Cc2ccc(-c3ccccc3C(=O)O)cc2)n(C2CCCCC2)n1. The fourth-order valence-electron chi connectivity index (χ4n) is 4.31. The minimum atomic E-state index is -0.909. The van der Waals surface area contributed by atoms with Gasteiger partial charge in [0.15, 0.2) is 5.82 Å². The van der Waals surface area contributed by atoms with Crippen molar-refractivity contribution in [3.63, 3.8) is 0 Å². The van der Waals surface area contributed by atoms with Crippen molar-refractivity contribution in [1.82, 2.24) is 14.8 Å². The van der Waals surface area contributed by atoms with E-state index in [2.05, 4.69) is 29.8 Å². The van der Waals surface area contributed by atoms with Gasteiger partial charge in [0, 0.05) is 6.42 Å². The van der Waals surface area contributed by atoms with E-state index in [-0.39, 0.29) is 0 Å². The fourth-order valence-corrected chi connectivity index (χ4v) is 4.31. The van der Waals surface area contributed by atoms with Gasteiger partial charge in [-0.15, -0.1) is 0 Å². The van der Waals surface area contributed by atoms with Crippen LogP contribution in [0.1, 0.15) is 79.1 Å². The third kappa shape index (κ3) is 4.93. The van der Waals surface area contributed by atoms with Crippen molar-refractivity contribution < 1.29 is 9.90 Å². The summed E-state index contributed by atoms with van der Waals surface area (Å²) in [6.45, 7) is 2.11. The number of carboxylic acid groups (broad SMARTS) is 1. The zero-order valence-electron chi connectivity index (χ0n) is 18.0. The third-order valence-electron chi connectivity index (χ3n) is 5.93. The highest BCUT2D eigenvalue weighted by molar-refractivity contribution is 5.95. The minimum Gasteiger partial charge on any atom is -0.478 e. The normalized spacial score (nSPS) is 14.9. The van der Waals surface area contributed by atoms with Crippen LogP contribution in [0.5, 0.6) is 0 Å². The first kappa shape index (κ1) is 21.0. The molecule has 5 heteroatoms. The predicted molar refractivity (Wildman–Crippen MR) is 123 cm³/mol. The molecule has 0 spiro atoms. The molecule has 1 heterocycles. The highest BCUT2D eigenvalue weighted by Crippen LogP contribution is 2.30. The Morgan fingerprint density at radius 3 is 2.55 bits per heavy atom. The Morgan fingerprint density at radius 2 is 1.84 bits per heavy atom. The Kier molecular flexibility index (Phi) is 6.60. The first-order valence-corrected chi connectivity index (χ1v) is 11.2. The standard InChI is InChI=1S/C26H29N3O2/c1-2-3-13-24-27-25(29(28-24)21-9-5-4-6-10-21)18-19-14-16-20(17-15-19)22-11-7-8-12-23(22)26(30)31/h3,7-8,11-17,21H,2,4-6,9-10,18H2,1H3,(H,30,31)/b13-3+. The Bertz CT molecular complexity index is 1060. The predicted octanol–water partition coefficient (Wildman–Crippen LogP) is 6.16. The Balaban J connectivity index is 1.60. The number of rotatable bonds is 7. The largest absolute Gasteiger partial charge is 0.478 e. The first-order valence-electron chi connectivity index (χ1n) is 11.2. The molecule has 4 rings (SSSR count). The van der Waals surface area contributed by atoms with Crippen molar-refractivity contribution in [1.29, 1.82) is 0 Å². The second-order valence-electron chi connectivity index (χ2n) is 8.16. The molecule has 0 bridgehead atoms. The number of benzene rings is 2. The van der Waals surface area contributed by atoms with Crippen LogP contribution in [-0.4, -0.2) is 25.8 Å². The van der Waals surface area contributed by atoms with Crippen LogP contribution in [0.25, 0.3) is 17.2 Å². The van der Waals surface area contributed by atoms with Crippen LogP contribution in [0.2, 0.25) is 0 Å². The van der Waals surface area contributed by atoms with Crippen molar-refractivity contribution in [2.24, 2.45) is 0 Å². The van der Waals surface area contributed by atoms with Crippen LogP contribution in [0.15, 0.2) is 54.6 Å². The third-order valence-corrected chi connectivity index (χ3v) is 5.93. The van der Waals surface area contributed by atoms with Gasteiger partial charge < -0.3 is 5.11 Å². The van der Waals surface area contributed by atoms with Gasteiger partial charge in [-0.25, -0.2) is 14.5 Å². The summed E-state index contributed by atoms with van der Waals surface area (Å²) in [5.74, 6) is 0.878. The van der Waals surface area contributed by atoms with E-state index in [1.54, 1.807) is 12.1 Å². The van der Waals surface area contributed by atoms with Crippen LogP contribution in [-0.2, 0) is 6.42 Å². The van der Waals surface area contributed by atoms with Crippen molar-refractivity contribution in [3.05, 3.63) is 77.4 Å². The number of aromatic nitrogens is 3. The van der Waals surface area contributed by atoms with Gasteiger partial charge in [0.1, 0.15) is 5.82 Å². The quantitative estimate of drug-likeness (QED) is 0.501. The number of allylic oxidation sites excluding steroid dienone is 1. The second kappa shape index (κ2) is 9.73. The summed E-state index contributed by atoms with van der Waals surface area (Å²) in [5, 5.41) is 14.3. The Morgan fingerprint density at radius 1 is 1.10 bits per heavy atom. The first-order chi connectivity index (χ1) is 15.2. The highest BCUT2D eigenvalue weighted by Gasteiger charge is 2.21.